The Labute approximate surface area is 66.1 Å². The lowest BCUT2D eigenvalue weighted by Gasteiger charge is -1.91. The zero-order chi connectivity index (χ0) is 9.07. The average Bonchev–Trinajstić information content (AvgIpc) is 1.86. The van der Waals surface area contributed by atoms with Gasteiger partial charge in [0.1, 0.15) is 6.49 Å². The van der Waals surface area contributed by atoms with Crippen LogP contribution in [0.2, 0.25) is 0 Å². The first kappa shape index (κ1) is 10.6. The van der Waals surface area contributed by atoms with Crippen LogP contribution in [0.1, 0.15) is 0 Å². The van der Waals surface area contributed by atoms with Crippen LogP contribution >= 0.6 is 6.49 Å². The molecule has 0 rings (SSSR count). The van der Waals surface area contributed by atoms with Gasteiger partial charge in [-0.05, 0) is 0 Å². The maximum Gasteiger partial charge on any atom is 0.454 e. The van der Waals surface area contributed by atoms with Gasteiger partial charge in [-0.25, -0.2) is 4.79 Å². The summed E-state index contributed by atoms with van der Waals surface area (Å²) in [6.45, 7) is 0.170. The normalized spacial score (nSPS) is 12.6. The fourth-order valence-electron chi connectivity index (χ4n) is 0.209. The van der Waals surface area contributed by atoms with Crippen LogP contribution in [0.5, 0.6) is 0 Å². The number of hydrogen-bond donors (Lipinski definition) is 1. The lowest BCUT2D eigenvalue weighted by molar-refractivity contribution is -0.147. The summed E-state index contributed by atoms with van der Waals surface area (Å²) in [6, 6.07) is 0. The molecule has 0 aliphatic heterocycles. The van der Waals surface area contributed by atoms with Crippen molar-refractivity contribution in [3.63, 3.8) is 0 Å². The van der Waals surface area contributed by atoms with E-state index in [2.05, 4.69) is 6.58 Å². The van der Waals surface area contributed by atoms with Crippen molar-refractivity contribution in [2.75, 3.05) is 0 Å². The largest absolute Gasteiger partial charge is 0.629 e. The minimum Gasteiger partial charge on any atom is -0.629 e. The standard InChI is InChI=1S/C3H4O5PSSi/c1-2-10(7,8)9(6)11-3(4)5/h2H,1H2,(H,4,5). The van der Waals surface area contributed by atoms with E-state index in [4.69, 9.17) is 5.11 Å². The van der Waals surface area contributed by atoms with Crippen LogP contribution in [-0.2, 0) is 9.46 Å². The quantitative estimate of drug-likeness (QED) is 0.502. The van der Waals surface area contributed by atoms with Crippen LogP contribution in [-0.4, -0.2) is 27.9 Å². The summed E-state index contributed by atoms with van der Waals surface area (Å²) in [5.41, 5.74) is -1.38. The first-order valence-corrected chi connectivity index (χ1v) is 7.50. The molecule has 0 saturated carbocycles. The Morgan fingerprint density at radius 3 is 2.45 bits per heavy atom. The number of rotatable bonds is 3. The third kappa shape index (κ3) is 3.52. The van der Waals surface area contributed by atoms with Crippen molar-refractivity contribution >= 4 is 30.3 Å². The van der Waals surface area contributed by atoms with E-state index in [0.29, 0.717) is 5.41 Å². The van der Waals surface area contributed by atoms with E-state index in [-0.39, 0.29) is 0 Å². The van der Waals surface area contributed by atoms with E-state index >= 15 is 0 Å². The fraction of sp³-hybridized carbons (Fsp3) is 0. The number of hydrogen-bond acceptors (Lipinski definition) is 4. The second-order valence-electron chi connectivity index (χ2n) is 1.36. The molecule has 1 radical (unpaired) electrons. The summed E-state index contributed by atoms with van der Waals surface area (Å²) in [6.07, 6.45) is 0. The first-order valence-electron chi connectivity index (χ1n) is 2.24. The molecule has 0 fully saturated rings. The van der Waals surface area contributed by atoms with Gasteiger partial charge in [-0.1, -0.05) is 6.58 Å². The molecule has 1 N–H and O–H groups in total. The van der Waals surface area contributed by atoms with Crippen molar-refractivity contribution in [1.29, 1.82) is 0 Å². The lowest BCUT2D eigenvalue weighted by Crippen LogP contribution is -2.05. The molecule has 0 saturated heterocycles. The van der Waals surface area contributed by atoms with E-state index in [9.17, 15) is 18.1 Å². The monoisotopic (exact) mass is 211 g/mol. The zero-order valence-corrected chi connectivity index (χ0v) is 7.93. The molecule has 0 aromatic carbocycles. The topological polar surface area (TPSA) is 94.5 Å². The van der Waals surface area contributed by atoms with Gasteiger partial charge in [-0.15, -0.1) is 0 Å². The molecule has 11 heavy (non-hydrogen) atoms. The molecule has 0 amide bonds. The summed E-state index contributed by atoms with van der Waals surface area (Å²) in [7, 11) is -5.00. The summed E-state index contributed by atoms with van der Waals surface area (Å²) in [5.74, 6) is 0. The predicted octanol–water partition coefficient (Wildman–Crippen LogP) is -0.486. The van der Waals surface area contributed by atoms with Crippen LogP contribution in [0.3, 0.4) is 0 Å². The Kier molecular flexibility index (Phi) is 3.74. The molecule has 1 unspecified atom stereocenters. The van der Waals surface area contributed by atoms with Crippen molar-refractivity contribution in [2.45, 2.75) is 0 Å². The van der Waals surface area contributed by atoms with E-state index in [1.807, 2.05) is 0 Å². The van der Waals surface area contributed by atoms with Gasteiger partial charge in [0.05, 0.1) is 5.41 Å². The fourth-order valence-corrected chi connectivity index (χ4v) is 4.40. The zero-order valence-electron chi connectivity index (χ0n) is 5.22. The molecule has 1 atom stereocenters. The molecule has 0 aromatic rings. The molecular formula is C3H4O5PSSi. The van der Waals surface area contributed by atoms with Gasteiger partial charge >= 0.3 is 23.8 Å². The Morgan fingerprint density at radius 1 is 1.73 bits per heavy atom. The Balaban J connectivity index is 4.91. The summed E-state index contributed by atoms with van der Waals surface area (Å²) in [4.78, 5) is 20.5. The minimum atomic E-state index is -3.89. The van der Waals surface area contributed by atoms with Crippen molar-refractivity contribution in [1.82, 2.24) is 0 Å². The Morgan fingerprint density at radius 2 is 2.18 bits per heavy atom. The van der Waals surface area contributed by atoms with Crippen molar-refractivity contribution in [3.05, 3.63) is 12.0 Å². The molecular weight excluding hydrogens is 207 g/mol. The van der Waals surface area contributed by atoms with Crippen molar-refractivity contribution in [2.24, 2.45) is 0 Å². The summed E-state index contributed by atoms with van der Waals surface area (Å²) >= 11 is 0. The van der Waals surface area contributed by atoms with Crippen molar-refractivity contribution < 1.29 is 23.2 Å². The SMILES string of the molecule is C=CS(=O)(=O)[P+]([O-])=[Si]C(=O)O. The minimum absolute atomic E-state index is 0.502. The van der Waals surface area contributed by atoms with Gasteiger partial charge in [0, 0.05) is 0 Å². The average molecular weight is 211 g/mol. The van der Waals surface area contributed by atoms with Crippen molar-refractivity contribution in [3.8, 4) is 0 Å². The molecule has 0 aliphatic rings. The third-order valence-electron chi connectivity index (χ3n) is 0.629. The maximum absolute atomic E-state index is 10.6. The highest BCUT2D eigenvalue weighted by atomic mass is 32.8. The molecule has 0 heterocycles. The molecule has 0 bridgehead atoms. The molecule has 0 aromatic heterocycles. The molecule has 61 valence electrons. The molecule has 5 nitrogen and oxygen atoms in total. The predicted molar refractivity (Wildman–Crippen MR) is 39.8 cm³/mol. The Bertz CT molecular complexity index is 304. The van der Waals surface area contributed by atoms with Crippen LogP contribution in [0.15, 0.2) is 12.0 Å². The lowest BCUT2D eigenvalue weighted by atomic mass is 11.3. The van der Waals surface area contributed by atoms with Gasteiger partial charge in [0.2, 0.25) is 0 Å². The van der Waals surface area contributed by atoms with Crippen LogP contribution in [0.25, 0.3) is 0 Å². The van der Waals surface area contributed by atoms with E-state index in [0.717, 1.165) is 0 Å². The third-order valence-corrected chi connectivity index (χ3v) is 7.95. The van der Waals surface area contributed by atoms with E-state index < -0.39 is 30.3 Å². The first-order chi connectivity index (χ1) is 4.90. The van der Waals surface area contributed by atoms with Crippen LogP contribution in [0, 0.1) is 0 Å². The second kappa shape index (κ2) is 3.87. The Hall–Kier alpha value is -0.363. The van der Waals surface area contributed by atoms with E-state index in [1.165, 1.54) is 0 Å². The van der Waals surface area contributed by atoms with Crippen LogP contribution in [0.4, 0.5) is 4.79 Å². The summed E-state index contributed by atoms with van der Waals surface area (Å²) in [5, 5.41) is 8.57. The second-order valence-corrected chi connectivity index (χ2v) is 9.27. The summed E-state index contributed by atoms with van der Waals surface area (Å²) < 4.78 is 21.2. The van der Waals surface area contributed by atoms with Gasteiger partial charge < -0.3 is 10.00 Å². The number of carboxylic acid groups (broad SMARTS) is 1. The molecule has 8 heteroatoms. The maximum atomic E-state index is 10.6. The van der Waals surface area contributed by atoms with Crippen LogP contribution < -0.4 is 4.89 Å². The molecule has 0 spiro atoms. The molecule has 0 aliphatic carbocycles. The van der Waals surface area contributed by atoms with E-state index in [1.54, 1.807) is 0 Å². The highest BCUT2D eigenvalue weighted by Crippen LogP contribution is 2.20. The number of carbonyl (C=O) groups is 1. The van der Waals surface area contributed by atoms with Gasteiger partial charge in [0.15, 0.2) is 0 Å². The van der Waals surface area contributed by atoms with Gasteiger partial charge in [-0.3, -0.25) is 0 Å². The highest BCUT2D eigenvalue weighted by Gasteiger charge is 2.17. The highest BCUT2D eigenvalue weighted by molar-refractivity contribution is 8.50. The smallest absolute Gasteiger partial charge is 0.454 e. The van der Waals surface area contributed by atoms with Gasteiger partial charge in [0.25, 0.3) is 0 Å². The van der Waals surface area contributed by atoms with Gasteiger partial charge in [-0.2, -0.15) is 8.42 Å².